The van der Waals surface area contributed by atoms with Crippen molar-refractivity contribution in [2.45, 2.75) is 25.9 Å². The maximum absolute atomic E-state index is 5.87. The van der Waals surface area contributed by atoms with E-state index in [0.717, 1.165) is 51.4 Å². The third-order valence-electron chi connectivity index (χ3n) is 4.26. The van der Waals surface area contributed by atoms with Crippen molar-refractivity contribution in [3.8, 4) is 5.75 Å². The van der Waals surface area contributed by atoms with Gasteiger partial charge in [-0.25, -0.2) is 0 Å². The molecule has 1 aromatic carbocycles. The molecule has 1 atom stereocenters. The van der Waals surface area contributed by atoms with Gasteiger partial charge in [0.2, 0.25) is 0 Å². The molecule has 0 aromatic heterocycles. The second-order valence-electron chi connectivity index (χ2n) is 5.68. The van der Waals surface area contributed by atoms with Gasteiger partial charge < -0.3 is 19.7 Å². The normalized spacial score (nSPS) is 19.6. The summed E-state index contributed by atoms with van der Waals surface area (Å²) < 4.78 is 11.3. The molecule has 0 bridgehead atoms. The van der Waals surface area contributed by atoms with Crippen LogP contribution in [0.4, 0.5) is 5.69 Å². The summed E-state index contributed by atoms with van der Waals surface area (Å²) in [5.74, 6) is 1.04. The second-order valence-corrected chi connectivity index (χ2v) is 5.68. The molecule has 20 heavy (non-hydrogen) atoms. The largest absolute Gasteiger partial charge is 0.490 e. The van der Waals surface area contributed by atoms with Gasteiger partial charge in [-0.2, -0.15) is 0 Å². The average molecular weight is 276 g/mol. The Bertz CT molecular complexity index is 476. The lowest BCUT2D eigenvalue weighted by molar-refractivity contribution is 0.121. The van der Waals surface area contributed by atoms with Crippen LogP contribution in [0.2, 0.25) is 0 Å². The Balaban J connectivity index is 1.90. The summed E-state index contributed by atoms with van der Waals surface area (Å²) in [6.07, 6.45) is 2.44. The fourth-order valence-electron chi connectivity index (χ4n) is 3.01. The Morgan fingerprint density at radius 3 is 2.80 bits per heavy atom. The van der Waals surface area contributed by atoms with Crippen molar-refractivity contribution in [2.24, 2.45) is 0 Å². The molecule has 110 valence electrons. The van der Waals surface area contributed by atoms with E-state index < -0.39 is 0 Å². The number of anilines is 1. The number of hydrogen-bond acceptors (Lipinski definition) is 4. The van der Waals surface area contributed by atoms with Gasteiger partial charge in [0.05, 0.1) is 18.3 Å². The molecule has 2 heterocycles. The van der Waals surface area contributed by atoms with Gasteiger partial charge in [0.1, 0.15) is 12.4 Å². The third-order valence-corrected chi connectivity index (χ3v) is 4.26. The van der Waals surface area contributed by atoms with Crippen molar-refractivity contribution < 1.29 is 9.47 Å². The van der Waals surface area contributed by atoms with Crippen LogP contribution in [0, 0.1) is 0 Å². The smallest absolute Gasteiger partial charge is 0.142 e. The maximum Gasteiger partial charge on any atom is 0.142 e. The highest BCUT2D eigenvalue weighted by molar-refractivity contribution is 5.63. The lowest BCUT2D eigenvalue weighted by Crippen LogP contribution is -2.38. The van der Waals surface area contributed by atoms with Crippen LogP contribution in [0.5, 0.6) is 5.75 Å². The van der Waals surface area contributed by atoms with Crippen LogP contribution >= 0.6 is 0 Å². The van der Waals surface area contributed by atoms with Crippen molar-refractivity contribution in [3.05, 3.63) is 23.3 Å². The van der Waals surface area contributed by atoms with E-state index in [1.54, 1.807) is 7.11 Å². The fraction of sp³-hybridized carbons (Fsp3) is 0.625. The first-order valence-corrected chi connectivity index (χ1v) is 7.55. The average Bonchev–Trinajstić information content (AvgIpc) is 2.70. The Kier molecular flexibility index (Phi) is 4.13. The van der Waals surface area contributed by atoms with E-state index in [1.165, 1.54) is 16.8 Å². The van der Waals surface area contributed by atoms with Gasteiger partial charge in [-0.15, -0.1) is 0 Å². The predicted octanol–water partition coefficient (Wildman–Crippen LogP) is 1.61. The van der Waals surface area contributed by atoms with Gasteiger partial charge in [0, 0.05) is 13.7 Å². The number of fused-ring (bicyclic) bond motifs is 2. The van der Waals surface area contributed by atoms with Gasteiger partial charge in [-0.1, -0.05) is 0 Å². The molecule has 0 fully saturated rings. The summed E-state index contributed by atoms with van der Waals surface area (Å²) in [7, 11) is 1.77. The molecular weight excluding hydrogens is 252 g/mol. The first-order valence-electron chi connectivity index (χ1n) is 7.55. The van der Waals surface area contributed by atoms with Crippen LogP contribution < -0.4 is 15.0 Å². The first-order chi connectivity index (χ1) is 9.78. The molecule has 0 radical (unpaired) electrons. The minimum absolute atomic E-state index is 0.237. The summed E-state index contributed by atoms with van der Waals surface area (Å²) in [5, 5.41) is 3.46. The molecule has 1 N–H and O–H groups in total. The third kappa shape index (κ3) is 2.76. The predicted molar refractivity (Wildman–Crippen MR) is 80.9 cm³/mol. The molecule has 0 spiro atoms. The van der Waals surface area contributed by atoms with E-state index in [0.29, 0.717) is 0 Å². The van der Waals surface area contributed by atoms with E-state index in [1.807, 2.05) is 0 Å². The number of rotatable bonds is 3. The minimum Gasteiger partial charge on any atom is -0.490 e. The van der Waals surface area contributed by atoms with E-state index in [-0.39, 0.29) is 6.10 Å². The van der Waals surface area contributed by atoms with Crippen LogP contribution in [0.15, 0.2) is 12.1 Å². The number of ether oxygens (including phenoxy) is 2. The quantitative estimate of drug-likeness (QED) is 0.909. The Morgan fingerprint density at radius 2 is 2.05 bits per heavy atom. The van der Waals surface area contributed by atoms with Gasteiger partial charge in [0.25, 0.3) is 0 Å². The van der Waals surface area contributed by atoms with Gasteiger partial charge >= 0.3 is 0 Å². The zero-order valence-corrected chi connectivity index (χ0v) is 12.4. The van der Waals surface area contributed by atoms with Crippen LogP contribution in [0.3, 0.4) is 0 Å². The molecule has 2 aliphatic heterocycles. The molecule has 0 saturated heterocycles. The lowest BCUT2D eigenvalue weighted by Gasteiger charge is -2.33. The van der Waals surface area contributed by atoms with Gasteiger partial charge in [-0.05, 0) is 56.1 Å². The Labute approximate surface area is 121 Å². The topological polar surface area (TPSA) is 33.7 Å². The van der Waals surface area contributed by atoms with Crippen LogP contribution in [0.25, 0.3) is 0 Å². The highest BCUT2D eigenvalue weighted by Crippen LogP contribution is 2.35. The number of methoxy groups -OCH3 is 1. The van der Waals surface area contributed by atoms with Crippen LogP contribution in [-0.4, -0.2) is 46.0 Å². The molecule has 0 aliphatic carbocycles. The van der Waals surface area contributed by atoms with Gasteiger partial charge in [-0.3, -0.25) is 0 Å². The SMILES string of the molecule is CO[C@@H](C)CN1CCOc2cc3c(cc21)CCNCC3. The number of nitrogens with one attached hydrogen (secondary N) is 1. The Hall–Kier alpha value is -1.26. The molecule has 2 aliphatic rings. The molecule has 0 amide bonds. The standard InChI is InChI=1S/C16H24N2O2/c1-12(19-2)11-18-7-8-20-16-10-14-4-6-17-5-3-13(14)9-15(16)18/h9-10,12,17H,3-8,11H2,1-2H3/t12-/m0/s1. The summed E-state index contributed by atoms with van der Waals surface area (Å²) in [4.78, 5) is 2.39. The summed E-state index contributed by atoms with van der Waals surface area (Å²) in [5.41, 5.74) is 4.14. The van der Waals surface area contributed by atoms with E-state index in [4.69, 9.17) is 9.47 Å². The number of benzene rings is 1. The molecule has 0 saturated carbocycles. The van der Waals surface area contributed by atoms with E-state index >= 15 is 0 Å². The summed E-state index contributed by atoms with van der Waals surface area (Å²) in [6.45, 7) is 6.88. The molecular formula is C16H24N2O2. The maximum atomic E-state index is 5.87. The molecule has 3 rings (SSSR count). The monoisotopic (exact) mass is 276 g/mol. The highest BCUT2D eigenvalue weighted by atomic mass is 16.5. The van der Waals surface area contributed by atoms with Gasteiger partial charge in [0.15, 0.2) is 0 Å². The number of hydrogen-bond donors (Lipinski definition) is 1. The molecule has 0 unspecified atom stereocenters. The highest BCUT2D eigenvalue weighted by Gasteiger charge is 2.22. The van der Waals surface area contributed by atoms with Crippen molar-refractivity contribution in [2.75, 3.05) is 44.8 Å². The van der Waals surface area contributed by atoms with E-state index in [9.17, 15) is 0 Å². The fourth-order valence-corrected chi connectivity index (χ4v) is 3.01. The molecule has 4 heteroatoms. The summed E-state index contributed by atoms with van der Waals surface area (Å²) >= 11 is 0. The van der Waals surface area contributed by atoms with Crippen molar-refractivity contribution in [1.82, 2.24) is 5.32 Å². The van der Waals surface area contributed by atoms with Crippen molar-refractivity contribution in [1.29, 1.82) is 0 Å². The zero-order valence-electron chi connectivity index (χ0n) is 12.4. The number of nitrogens with zero attached hydrogens (tertiary/aromatic N) is 1. The van der Waals surface area contributed by atoms with E-state index in [2.05, 4.69) is 29.3 Å². The van der Waals surface area contributed by atoms with Crippen molar-refractivity contribution >= 4 is 5.69 Å². The van der Waals surface area contributed by atoms with Crippen molar-refractivity contribution in [3.63, 3.8) is 0 Å². The zero-order chi connectivity index (χ0) is 13.9. The summed E-state index contributed by atoms with van der Waals surface area (Å²) in [6, 6.07) is 4.58. The molecule has 1 aromatic rings. The molecule has 4 nitrogen and oxygen atoms in total. The first kappa shape index (κ1) is 13.7. The Morgan fingerprint density at radius 1 is 1.30 bits per heavy atom. The lowest BCUT2D eigenvalue weighted by atomic mass is 10.0. The van der Waals surface area contributed by atoms with Crippen LogP contribution in [0.1, 0.15) is 18.1 Å². The minimum atomic E-state index is 0.237. The second kappa shape index (κ2) is 6.02. The van der Waals surface area contributed by atoms with Crippen LogP contribution in [-0.2, 0) is 17.6 Å².